The lowest BCUT2D eigenvalue weighted by atomic mass is 10.2. The zero-order chi connectivity index (χ0) is 13.9. The van der Waals surface area contributed by atoms with E-state index in [0.717, 1.165) is 11.1 Å². The Hall–Kier alpha value is -2.20. The van der Waals surface area contributed by atoms with Crippen LogP contribution in [-0.2, 0) is 4.79 Å². The van der Waals surface area contributed by atoms with Gasteiger partial charge >= 0.3 is 0 Å². The largest absolute Gasteiger partial charge is 0.284 e. The Kier molecular flexibility index (Phi) is 3.48. The average molecular weight is 283 g/mol. The van der Waals surface area contributed by atoms with E-state index in [-0.39, 0.29) is 11.7 Å². The highest BCUT2D eigenvalue weighted by Gasteiger charge is 2.22. The Balaban J connectivity index is 1.85. The van der Waals surface area contributed by atoms with Crippen LogP contribution in [0.4, 0.5) is 4.39 Å². The molecule has 1 aliphatic rings. The maximum absolute atomic E-state index is 12.8. The molecule has 20 heavy (non-hydrogen) atoms. The number of nitrogens with zero attached hydrogens (tertiary/aromatic N) is 1. The number of halogens is 1. The first kappa shape index (κ1) is 12.8. The highest BCUT2D eigenvalue weighted by Crippen LogP contribution is 2.31. The van der Waals surface area contributed by atoms with Gasteiger partial charge in [0.05, 0.1) is 4.91 Å². The number of hydrogen-bond acceptors (Lipinski definition) is 2. The molecule has 2 aromatic rings. The Morgan fingerprint density at radius 1 is 1.00 bits per heavy atom. The topological polar surface area (TPSA) is 29.4 Å². The van der Waals surface area contributed by atoms with Crippen LogP contribution in [0.5, 0.6) is 0 Å². The third-order valence-corrected chi connectivity index (χ3v) is 3.84. The van der Waals surface area contributed by atoms with E-state index in [4.69, 9.17) is 0 Å². The molecule has 1 aliphatic heterocycles. The molecule has 98 valence electrons. The van der Waals surface area contributed by atoms with Crippen LogP contribution >= 0.6 is 11.8 Å². The zero-order valence-corrected chi connectivity index (χ0v) is 11.2. The average Bonchev–Trinajstić information content (AvgIpc) is 2.84. The standard InChI is InChI=1S/C16H10FNOS/c17-13-8-6-11(7-9-13)10-14-15(19)18-16(20-14)12-4-2-1-3-5-12/h1-10H/b14-10-. The predicted molar refractivity (Wildman–Crippen MR) is 80.0 cm³/mol. The van der Waals surface area contributed by atoms with Crippen molar-refractivity contribution < 1.29 is 9.18 Å². The van der Waals surface area contributed by atoms with Crippen LogP contribution < -0.4 is 0 Å². The smallest absolute Gasteiger partial charge is 0.266 e. The predicted octanol–water partition coefficient (Wildman–Crippen LogP) is 3.89. The molecule has 0 N–H and O–H groups in total. The monoisotopic (exact) mass is 283 g/mol. The summed E-state index contributed by atoms with van der Waals surface area (Å²) in [6.45, 7) is 0. The highest BCUT2D eigenvalue weighted by molar-refractivity contribution is 8.19. The van der Waals surface area contributed by atoms with Crippen molar-refractivity contribution in [2.24, 2.45) is 4.99 Å². The van der Waals surface area contributed by atoms with Gasteiger partial charge in [-0.2, -0.15) is 0 Å². The molecule has 0 atom stereocenters. The first-order chi connectivity index (χ1) is 9.72. The summed E-state index contributed by atoms with van der Waals surface area (Å²) < 4.78 is 12.8. The Labute approximate surface area is 120 Å². The van der Waals surface area contributed by atoms with Crippen molar-refractivity contribution in [1.29, 1.82) is 0 Å². The molecule has 0 radical (unpaired) electrons. The van der Waals surface area contributed by atoms with Crippen LogP contribution in [0.25, 0.3) is 6.08 Å². The van der Waals surface area contributed by atoms with Gasteiger partial charge in [-0.05, 0) is 23.8 Å². The molecular formula is C16H10FNOS. The lowest BCUT2D eigenvalue weighted by Crippen LogP contribution is -1.89. The summed E-state index contributed by atoms with van der Waals surface area (Å²) in [7, 11) is 0. The summed E-state index contributed by atoms with van der Waals surface area (Å²) in [5.41, 5.74) is 1.71. The van der Waals surface area contributed by atoms with Crippen molar-refractivity contribution in [3.8, 4) is 0 Å². The second-order valence-corrected chi connectivity index (χ2v) is 5.28. The molecule has 0 aromatic heterocycles. The molecule has 0 fully saturated rings. The Bertz CT molecular complexity index is 705. The van der Waals surface area contributed by atoms with Crippen LogP contribution in [0, 0.1) is 5.82 Å². The van der Waals surface area contributed by atoms with Crippen LogP contribution in [0.15, 0.2) is 64.5 Å². The van der Waals surface area contributed by atoms with E-state index in [0.29, 0.717) is 9.95 Å². The van der Waals surface area contributed by atoms with Gasteiger partial charge < -0.3 is 0 Å². The van der Waals surface area contributed by atoms with Gasteiger partial charge in [-0.15, -0.1) is 0 Å². The molecule has 1 amide bonds. The number of thioether (sulfide) groups is 1. The first-order valence-corrected chi connectivity index (χ1v) is 6.87. The second-order valence-electron chi connectivity index (χ2n) is 4.25. The molecule has 0 spiro atoms. The van der Waals surface area contributed by atoms with Crippen molar-refractivity contribution in [3.05, 3.63) is 76.4 Å². The molecule has 0 saturated heterocycles. The maximum Gasteiger partial charge on any atom is 0.284 e. The van der Waals surface area contributed by atoms with Crippen molar-refractivity contribution in [3.63, 3.8) is 0 Å². The van der Waals surface area contributed by atoms with Gasteiger partial charge in [0.25, 0.3) is 5.91 Å². The van der Waals surface area contributed by atoms with Crippen molar-refractivity contribution in [2.75, 3.05) is 0 Å². The van der Waals surface area contributed by atoms with E-state index in [2.05, 4.69) is 4.99 Å². The molecule has 0 bridgehead atoms. The molecule has 4 heteroatoms. The van der Waals surface area contributed by atoms with Crippen molar-refractivity contribution >= 4 is 28.8 Å². The molecule has 2 nitrogen and oxygen atoms in total. The van der Waals surface area contributed by atoms with Gasteiger partial charge in [-0.3, -0.25) is 4.79 Å². The second kappa shape index (κ2) is 5.43. The zero-order valence-electron chi connectivity index (χ0n) is 10.4. The lowest BCUT2D eigenvalue weighted by molar-refractivity contribution is -0.113. The number of benzene rings is 2. The number of rotatable bonds is 2. The van der Waals surface area contributed by atoms with Crippen molar-refractivity contribution in [2.45, 2.75) is 0 Å². The van der Waals surface area contributed by atoms with E-state index < -0.39 is 0 Å². The maximum atomic E-state index is 12.8. The fourth-order valence-electron chi connectivity index (χ4n) is 1.82. The molecular weight excluding hydrogens is 273 g/mol. The molecule has 0 saturated carbocycles. The molecule has 3 rings (SSSR count). The summed E-state index contributed by atoms with van der Waals surface area (Å²) >= 11 is 1.34. The Morgan fingerprint density at radius 2 is 1.70 bits per heavy atom. The summed E-state index contributed by atoms with van der Waals surface area (Å²) in [6.07, 6.45) is 1.73. The van der Waals surface area contributed by atoms with Gasteiger partial charge in [-0.1, -0.05) is 54.2 Å². The molecule has 1 heterocycles. The summed E-state index contributed by atoms with van der Waals surface area (Å²) in [5.74, 6) is -0.544. The van der Waals surface area contributed by atoms with Gasteiger partial charge in [0.15, 0.2) is 0 Å². The minimum Gasteiger partial charge on any atom is -0.266 e. The van der Waals surface area contributed by atoms with Crippen LogP contribution in [-0.4, -0.2) is 11.0 Å². The van der Waals surface area contributed by atoms with Crippen molar-refractivity contribution in [1.82, 2.24) is 0 Å². The number of hydrogen-bond donors (Lipinski definition) is 0. The first-order valence-electron chi connectivity index (χ1n) is 6.06. The van der Waals surface area contributed by atoms with Crippen LogP contribution in [0.2, 0.25) is 0 Å². The molecule has 0 unspecified atom stereocenters. The quantitative estimate of drug-likeness (QED) is 0.783. The number of carbonyl (C=O) groups excluding carboxylic acids is 1. The van der Waals surface area contributed by atoms with E-state index in [1.807, 2.05) is 30.3 Å². The van der Waals surface area contributed by atoms with E-state index >= 15 is 0 Å². The Morgan fingerprint density at radius 3 is 2.40 bits per heavy atom. The normalized spacial score (nSPS) is 16.6. The number of carbonyl (C=O) groups is 1. The van der Waals surface area contributed by atoms with E-state index in [9.17, 15) is 9.18 Å². The van der Waals surface area contributed by atoms with Gasteiger partial charge in [-0.25, -0.2) is 9.38 Å². The van der Waals surface area contributed by atoms with Crippen LogP contribution in [0.1, 0.15) is 11.1 Å². The summed E-state index contributed by atoms with van der Waals surface area (Å²) in [4.78, 5) is 16.5. The fraction of sp³-hybridized carbons (Fsp3) is 0. The molecule has 0 aliphatic carbocycles. The van der Waals surface area contributed by atoms with Gasteiger partial charge in [0.1, 0.15) is 10.9 Å². The summed E-state index contributed by atoms with van der Waals surface area (Å²) in [6, 6.07) is 15.6. The van der Waals surface area contributed by atoms with E-state index in [1.54, 1.807) is 18.2 Å². The number of amides is 1. The third kappa shape index (κ3) is 2.70. The third-order valence-electron chi connectivity index (χ3n) is 2.81. The molecule has 2 aromatic carbocycles. The van der Waals surface area contributed by atoms with Gasteiger partial charge in [0, 0.05) is 5.56 Å². The van der Waals surface area contributed by atoms with Crippen LogP contribution in [0.3, 0.4) is 0 Å². The lowest BCUT2D eigenvalue weighted by Gasteiger charge is -1.98. The summed E-state index contributed by atoms with van der Waals surface area (Å²) in [5, 5.41) is 0.698. The SMILES string of the molecule is O=C1N=C(c2ccccc2)S/C1=C\c1ccc(F)cc1. The fourth-order valence-corrected chi connectivity index (χ4v) is 2.74. The van der Waals surface area contributed by atoms with Gasteiger partial charge in [0.2, 0.25) is 0 Å². The number of aliphatic imine (C=N–C) groups is 1. The minimum absolute atomic E-state index is 0.252. The highest BCUT2D eigenvalue weighted by atomic mass is 32.2. The minimum atomic E-state index is -0.293. The van der Waals surface area contributed by atoms with E-state index in [1.165, 1.54) is 23.9 Å².